The Kier molecular flexibility index (Phi) is 4.90. The maximum atomic E-state index is 12.9. The molecule has 2 saturated heterocycles. The second kappa shape index (κ2) is 6.93. The second-order valence-electron chi connectivity index (χ2n) is 7.11. The predicted octanol–water partition coefficient (Wildman–Crippen LogP) is 2.70. The van der Waals surface area contributed by atoms with Crippen LogP contribution in [-0.4, -0.2) is 42.5 Å². The maximum Gasteiger partial charge on any atom is 0.251 e. The highest BCUT2D eigenvalue weighted by atomic mass is 16.5. The molecule has 0 N–H and O–H groups in total. The Hall–Kier alpha value is -1.88. The van der Waals surface area contributed by atoms with Gasteiger partial charge in [-0.25, -0.2) is 4.90 Å². The number of carbonyl (C=O) groups excluding carboxylic acids is 2. The molecule has 2 aliphatic heterocycles. The zero-order valence-corrected chi connectivity index (χ0v) is 14.7. The van der Waals surface area contributed by atoms with E-state index in [1.54, 1.807) is 24.3 Å². The number of carbonyl (C=O) groups is 2. The quantitative estimate of drug-likeness (QED) is 0.797. The fraction of sp³-hybridized carbons (Fsp3) is 0.579. The number of likely N-dealkylation sites (tertiary alicyclic amines) is 1. The molecular formula is C19H26N2O3. The molecule has 3 rings (SSSR count). The highest BCUT2D eigenvalue weighted by Gasteiger charge is 2.44. The molecule has 3 atom stereocenters. The molecule has 2 fully saturated rings. The molecule has 130 valence electrons. The number of anilines is 1. The van der Waals surface area contributed by atoms with E-state index in [9.17, 15) is 9.59 Å². The van der Waals surface area contributed by atoms with Gasteiger partial charge in [0.2, 0.25) is 5.91 Å². The van der Waals surface area contributed by atoms with Crippen molar-refractivity contribution < 1.29 is 14.3 Å². The van der Waals surface area contributed by atoms with Gasteiger partial charge in [0.1, 0.15) is 5.75 Å². The summed E-state index contributed by atoms with van der Waals surface area (Å²) in [6.45, 7) is 8.74. The van der Waals surface area contributed by atoms with Gasteiger partial charge < -0.3 is 4.74 Å². The first kappa shape index (κ1) is 17.0. The van der Waals surface area contributed by atoms with Gasteiger partial charge >= 0.3 is 0 Å². The van der Waals surface area contributed by atoms with Crippen molar-refractivity contribution in [1.29, 1.82) is 0 Å². The lowest BCUT2D eigenvalue weighted by atomic mass is 9.90. The summed E-state index contributed by atoms with van der Waals surface area (Å²) in [5.74, 6) is 1.67. The summed E-state index contributed by atoms with van der Waals surface area (Å²) >= 11 is 0. The number of benzene rings is 1. The van der Waals surface area contributed by atoms with Gasteiger partial charge in [0.05, 0.1) is 24.8 Å². The number of rotatable bonds is 4. The molecule has 0 bridgehead atoms. The van der Waals surface area contributed by atoms with E-state index in [0.29, 0.717) is 24.1 Å². The first-order valence-corrected chi connectivity index (χ1v) is 8.83. The number of hydrogen-bond acceptors (Lipinski definition) is 4. The Morgan fingerprint density at radius 2 is 1.71 bits per heavy atom. The molecule has 0 saturated carbocycles. The molecule has 1 aromatic carbocycles. The Morgan fingerprint density at radius 1 is 1.08 bits per heavy atom. The number of ether oxygens (including phenoxy) is 1. The van der Waals surface area contributed by atoms with Crippen LogP contribution in [0.4, 0.5) is 5.69 Å². The summed E-state index contributed by atoms with van der Waals surface area (Å²) in [4.78, 5) is 28.9. The number of imide groups is 1. The van der Waals surface area contributed by atoms with Gasteiger partial charge in [0, 0.05) is 13.1 Å². The smallest absolute Gasteiger partial charge is 0.251 e. The van der Waals surface area contributed by atoms with Gasteiger partial charge in [-0.15, -0.1) is 0 Å². The van der Waals surface area contributed by atoms with Gasteiger partial charge in [-0.2, -0.15) is 0 Å². The minimum absolute atomic E-state index is 0.0922. The number of amides is 2. The zero-order valence-electron chi connectivity index (χ0n) is 14.7. The average Bonchev–Trinajstić information content (AvgIpc) is 2.83. The molecule has 2 aliphatic rings. The van der Waals surface area contributed by atoms with Crippen LogP contribution < -0.4 is 9.64 Å². The fourth-order valence-corrected chi connectivity index (χ4v) is 4.00. The average molecular weight is 330 g/mol. The van der Waals surface area contributed by atoms with Crippen LogP contribution in [-0.2, 0) is 9.59 Å². The third kappa shape index (κ3) is 3.31. The minimum Gasteiger partial charge on any atom is -0.494 e. The third-order valence-corrected chi connectivity index (χ3v) is 4.87. The Bertz CT molecular complexity index is 604. The van der Waals surface area contributed by atoms with Crippen molar-refractivity contribution in [3.8, 4) is 5.75 Å². The first-order valence-electron chi connectivity index (χ1n) is 8.83. The maximum absolute atomic E-state index is 12.9. The second-order valence-corrected chi connectivity index (χ2v) is 7.11. The molecule has 0 radical (unpaired) electrons. The molecule has 5 heteroatoms. The van der Waals surface area contributed by atoms with E-state index >= 15 is 0 Å². The lowest BCUT2D eigenvalue weighted by Gasteiger charge is -2.37. The number of nitrogens with zero attached hydrogens (tertiary/aromatic N) is 2. The van der Waals surface area contributed by atoms with E-state index in [2.05, 4.69) is 18.7 Å². The van der Waals surface area contributed by atoms with Gasteiger partial charge in [-0.05, 0) is 49.4 Å². The van der Waals surface area contributed by atoms with Crippen LogP contribution in [0.15, 0.2) is 24.3 Å². The topological polar surface area (TPSA) is 49.9 Å². The Labute approximate surface area is 143 Å². The Balaban J connectivity index is 1.76. The van der Waals surface area contributed by atoms with E-state index in [0.717, 1.165) is 18.8 Å². The molecule has 2 amide bonds. The largest absolute Gasteiger partial charge is 0.494 e. The van der Waals surface area contributed by atoms with E-state index in [1.807, 2.05) is 6.92 Å². The standard InChI is InChI=1S/C19H26N2O3/c1-4-24-16-7-5-15(6-8-16)21-18(22)10-17(19(21)23)20-11-13(2)9-14(3)12-20/h5-8,13-14,17H,4,9-12H2,1-3H3/t13-,14-,17+/m0/s1. The van der Waals surface area contributed by atoms with E-state index < -0.39 is 0 Å². The van der Waals surface area contributed by atoms with Gasteiger partial charge in [-0.3, -0.25) is 14.5 Å². The van der Waals surface area contributed by atoms with Crippen LogP contribution in [0.25, 0.3) is 0 Å². The fourth-order valence-electron chi connectivity index (χ4n) is 4.00. The van der Waals surface area contributed by atoms with Crippen molar-refractivity contribution in [2.75, 3.05) is 24.6 Å². The summed E-state index contributed by atoms with van der Waals surface area (Å²) < 4.78 is 5.42. The van der Waals surface area contributed by atoms with Crippen molar-refractivity contribution in [3.05, 3.63) is 24.3 Å². The van der Waals surface area contributed by atoms with E-state index in [4.69, 9.17) is 4.74 Å². The Morgan fingerprint density at radius 3 is 2.29 bits per heavy atom. The molecular weight excluding hydrogens is 304 g/mol. The molecule has 5 nitrogen and oxygen atoms in total. The highest BCUT2D eigenvalue weighted by molar-refractivity contribution is 6.22. The first-order chi connectivity index (χ1) is 11.5. The molecule has 24 heavy (non-hydrogen) atoms. The van der Waals surface area contributed by atoms with E-state index in [-0.39, 0.29) is 24.3 Å². The lowest BCUT2D eigenvalue weighted by Crippen LogP contribution is -2.48. The summed E-state index contributed by atoms with van der Waals surface area (Å²) in [6, 6.07) is 6.86. The minimum atomic E-state index is -0.311. The normalized spacial score (nSPS) is 28.5. The van der Waals surface area contributed by atoms with Crippen molar-refractivity contribution in [1.82, 2.24) is 4.90 Å². The van der Waals surface area contributed by atoms with E-state index in [1.165, 1.54) is 11.3 Å². The van der Waals surface area contributed by atoms with Crippen LogP contribution in [0, 0.1) is 11.8 Å². The summed E-state index contributed by atoms with van der Waals surface area (Å²) in [5, 5.41) is 0. The van der Waals surface area contributed by atoms with Crippen LogP contribution in [0.2, 0.25) is 0 Å². The molecule has 0 aromatic heterocycles. The van der Waals surface area contributed by atoms with Gasteiger partial charge in [0.25, 0.3) is 5.91 Å². The predicted molar refractivity (Wildman–Crippen MR) is 93.0 cm³/mol. The lowest BCUT2D eigenvalue weighted by molar-refractivity contribution is -0.123. The summed E-state index contributed by atoms with van der Waals surface area (Å²) in [7, 11) is 0. The van der Waals surface area contributed by atoms with Crippen molar-refractivity contribution in [2.45, 2.75) is 39.7 Å². The number of piperidine rings is 1. The summed E-state index contributed by atoms with van der Waals surface area (Å²) in [5.41, 5.74) is 0.633. The van der Waals surface area contributed by atoms with Crippen LogP contribution in [0.1, 0.15) is 33.6 Å². The van der Waals surface area contributed by atoms with Crippen LogP contribution >= 0.6 is 0 Å². The monoisotopic (exact) mass is 330 g/mol. The van der Waals surface area contributed by atoms with Gasteiger partial charge in [0.15, 0.2) is 0 Å². The molecule has 0 unspecified atom stereocenters. The van der Waals surface area contributed by atoms with Crippen molar-refractivity contribution in [3.63, 3.8) is 0 Å². The highest BCUT2D eigenvalue weighted by Crippen LogP contribution is 2.30. The molecule has 1 aromatic rings. The van der Waals surface area contributed by atoms with Crippen molar-refractivity contribution in [2.24, 2.45) is 11.8 Å². The third-order valence-electron chi connectivity index (χ3n) is 4.87. The van der Waals surface area contributed by atoms with Crippen LogP contribution in [0.3, 0.4) is 0 Å². The number of hydrogen-bond donors (Lipinski definition) is 0. The molecule has 0 spiro atoms. The van der Waals surface area contributed by atoms with Crippen molar-refractivity contribution >= 4 is 17.5 Å². The van der Waals surface area contributed by atoms with Crippen LogP contribution in [0.5, 0.6) is 5.75 Å². The SMILES string of the molecule is CCOc1ccc(N2C(=O)C[C@@H](N3C[C@@H](C)C[C@H](C)C3)C2=O)cc1. The zero-order chi connectivity index (χ0) is 17.3. The molecule has 2 heterocycles. The summed E-state index contributed by atoms with van der Waals surface area (Å²) in [6.07, 6.45) is 1.47. The molecule has 0 aliphatic carbocycles. The van der Waals surface area contributed by atoms with Gasteiger partial charge in [-0.1, -0.05) is 13.8 Å².